The second-order valence-electron chi connectivity index (χ2n) is 26.4. The Kier molecular flexibility index (Phi) is 10.3. The van der Waals surface area contributed by atoms with Gasteiger partial charge in [-0.2, -0.15) is 0 Å². The van der Waals surface area contributed by atoms with Gasteiger partial charge in [0, 0.05) is 68.0 Å². The monoisotopic (exact) mass is 982 g/mol. The second-order valence-corrected chi connectivity index (χ2v) is 26.4. The van der Waals surface area contributed by atoms with Gasteiger partial charge < -0.3 is 19.1 Å². The summed E-state index contributed by atoms with van der Waals surface area (Å²) in [4.78, 5) is 7.78. The molecule has 4 aliphatic rings. The van der Waals surface area contributed by atoms with Crippen LogP contribution in [0.15, 0.2) is 156 Å². The maximum absolute atomic E-state index is 6.76. The molecule has 5 heteroatoms. The number of hydrogen-bond acceptors (Lipinski definition) is 4. The summed E-state index contributed by atoms with van der Waals surface area (Å²) in [5.74, 6) is 0. The van der Waals surface area contributed by atoms with Gasteiger partial charge in [-0.25, -0.2) is 0 Å². The third-order valence-corrected chi connectivity index (χ3v) is 18.6. The van der Waals surface area contributed by atoms with E-state index in [1.807, 2.05) is 0 Å². The van der Waals surface area contributed by atoms with E-state index in [-0.39, 0.29) is 33.8 Å². The average Bonchev–Trinajstić information content (AvgIpc) is 3.77. The number of nitrogens with zero attached hydrogens (tertiary/aromatic N) is 3. The van der Waals surface area contributed by atoms with Crippen molar-refractivity contribution in [2.24, 2.45) is 0 Å². The molecule has 0 atom stereocenters. The van der Waals surface area contributed by atoms with E-state index >= 15 is 0 Å². The molecular weight excluding hydrogens is 910 g/mol. The fraction of sp³-hybridized carbons (Fsp3) is 0.314. The summed E-state index contributed by atoms with van der Waals surface area (Å²) in [6, 6.07) is 58.4. The van der Waals surface area contributed by atoms with Gasteiger partial charge in [0.2, 0.25) is 0 Å². The van der Waals surface area contributed by atoms with E-state index in [1.165, 1.54) is 102 Å². The lowest BCUT2D eigenvalue weighted by Gasteiger charge is -2.48. The van der Waals surface area contributed by atoms with E-state index in [0.29, 0.717) is 0 Å². The molecule has 376 valence electrons. The first-order valence-corrected chi connectivity index (χ1v) is 27.7. The zero-order chi connectivity index (χ0) is 52.3. The van der Waals surface area contributed by atoms with Gasteiger partial charge in [-0.3, -0.25) is 0 Å². The van der Waals surface area contributed by atoms with E-state index in [9.17, 15) is 0 Å². The Morgan fingerprint density at radius 1 is 0.453 bits per heavy atom. The first-order chi connectivity index (χ1) is 35.6. The van der Waals surface area contributed by atoms with Crippen molar-refractivity contribution in [3.63, 3.8) is 0 Å². The van der Waals surface area contributed by atoms with Crippen molar-refractivity contribution in [2.75, 3.05) is 14.7 Å². The number of hydrogen-bond donors (Lipinski definition) is 0. The van der Waals surface area contributed by atoms with Crippen molar-refractivity contribution < 1.29 is 4.42 Å². The van der Waals surface area contributed by atoms with Crippen LogP contribution in [0.5, 0.6) is 0 Å². The van der Waals surface area contributed by atoms with Gasteiger partial charge in [0.05, 0.1) is 0 Å². The van der Waals surface area contributed by atoms with Crippen molar-refractivity contribution in [2.45, 2.75) is 143 Å². The van der Waals surface area contributed by atoms with Gasteiger partial charge in [0.25, 0.3) is 6.71 Å². The van der Waals surface area contributed by atoms with E-state index in [0.717, 1.165) is 52.6 Å². The molecule has 0 unspecified atom stereocenters. The normalized spacial score (nSPS) is 17.5. The van der Waals surface area contributed by atoms with Crippen molar-refractivity contribution in [3.05, 3.63) is 191 Å². The van der Waals surface area contributed by atoms with Crippen LogP contribution in [0, 0.1) is 13.8 Å². The molecule has 0 saturated heterocycles. The predicted octanol–water partition coefficient (Wildman–Crippen LogP) is 17.8. The number of rotatable bonds is 5. The summed E-state index contributed by atoms with van der Waals surface area (Å²) < 4.78 is 6.76. The quantitative estimate of drug-likeness (QED) is 0.160. The van der Waals surface area contributed by atoms with Gasteiger partial charge in [0.15, 0.2) is 0 Å². The Hall–Kier alpha value is -6.98. The van der Waals surface area contributed by atoms with Crippen LogP contribution in [0.4, 0.5) is 51.2 Å². The van der Waals surface area contributed by atoms with Crippen LogP contribution in [0.25, 0.3) is 21.9 Å². The molecule has 0 amide bonds. The molecule has 0 fully saturated rings. The van der Waals surface area contributed by atoms with Gasteiger partial charge in [-0.15, -0.1) is 0 Å². The number of para-hydroxylation sites is 3. The zero-order valence-corrected chi connectivity index (χ0v) is 46.6. The summed E-state index contributed by atoms with van der Waals surface area (Å²) in [5.41, 5.74) is 26.3. The predicted molar refractivity (Wildman–Crippen MR) is 321 cm³/mol. The lowest BCUT2D eigenvalue weighted by atomic mass is 9.33. The van der Waals surface area contributed by atoms with Crippen LogP contribution in [0.1, 0.15) is 141 Å². The molecule has 13 rings (SSSR count). The summed E-state index contributed by atoms with van der Waals surface area (Å²) >= 11 is 0. The molecular formula is C70H72BN3O. The number of benzene rings is 8. The van der Waals surface area contributed by atoms with Crippen LogP contribution >= 0.6 is 0 Å². The smallest absolute Gasteiger partial charge is 0.252 e. The van der Waals surface area contributed by atoms with E-state index in [2.05, 4.69) is 256 Å². The Labute approximate surface area is 446 Å². The molecule has 0 N–H and O–H groups in total. The number of anilines is 9. The largest absolute Gasteiger partial charge is 0.456 e. The van der Waals surface area contributed by atoms with Crippen LogP contribution in [0.3, 0.4) is 0 Å². The van der Waals surface area contributed by atoms with Crippen molar-refractivity contribution >= 4 is 96.2 Å². The zero-order valence-electron chi connectivity index (χ0n) is 46.6. The molecule has 75 heavy (non-hydrogen) atoms. The average molecular weight is 982 g/mol. The van der Waals surface area contributed by atoms with E-state index in [1.54, 1.807) is 0 Å². The summed E-state index contributed by atoms with van der Waals surface area (Å²) in [5, 5.41) is 2.26. The highest BCUT2D eigenvalue weighted by Gasteiger charge is 2.48. The molecule has 9 aromatic rings. The van der Waals surface area contributed by atoms with Crippen LogP contribution in [-0.2, 0) is 27.1 Å². The summed E-state index contributed by atoms with van der Waals surface area (Å²) in [6.07, 6.45) is 4.65. The minimum Gasteiger partial charge on any atom is -0.456 e. The molecule has 0 spiro atoms. The third kappa shape index (κ3) is 7.30. The summed E-state index contributed by atoms with van der Waals surface area (Å²) in [7, 11) is 0. The summed E-state index contributed by atoms with van der Waals surface area (Å²) in [6.45, 7) is 31.3. The highest BCUT2D eigenvalue weighted by molar-refractivity contribution is 7.00. The number of aryl methyl sites for hydroxylation is 2. The fourth-order valence-corrected chi connectivity index (χ4v) is 13.8. The Morgan fingerprint density at radius 2 is 0.960 bits per heavy atom. The highest BCUT2D eigenvalue weighted by Crippen LogP contribution is 2.54. The van der Waals surface area contributed by atoms with Gasteiger partial charge in [0.1, 0.15) is 11.2 Å². The van der Waals surface area contributed by atoms with Gasteiger partial charge in [-0.1, -0.05) is 149 Å². The minimum absolute atomic E-state index is 0.0162. The molecule has 8 aromatic carbocycles. The number of fused-ring (bicyclic) bond motifs is 9. The lowest BCUT2D eigenvalue weighted by molar-refractivity contribution is 0.332. The van der Waals surface area contributed by atoms with Crippen LogP contribution in [-0.4, -0.2) is 6.71 Å². The second kappa shape index (κ2) is 16.3. The number of furan rings is 1. The molecule has 0 radical (unpaired) electrons. The Morgan fingerprint density at radius 3 is 1.57 bits per heavy atom. The molecule has 0 saturated carbocycles. The molecule has 2 aliphatic heterocycles. The van der Waals surface area contributed by atoms with Crippen LogP contribution in [0.2, 0.25) is 0 Å². The Bertz CT molecular complexity index is 3800. The fourth-order valence-electron chi connectivity index (χ4n) is 13.8. The first kappa shape index (κ1) is 47.7. The van der Waals surface area contributed by atoms with E-state index < -0.39 is 0 Å². The standard InChI is InChI=1S/C70H72BN3O/c1-43-20-14-17-23-57(43)72(58-24-18-15-21-44(58)2)47-28-31-55-59(39-47)74(48-26-29-50-49-22-16-19-25-63(49)75-64(50)40-48)62-37-45(66(3,4)5)36-61-65(62)71(55)56-41-53-54(70(12,13)35-34-69(53,10)11)42-60(56)73(61)46-27-30-51-52(38-46)68(8,9)33-32-67(51,6)7/h14-31,36-42H,32-35H2,1-13H3. The Balaban J connectivity index is 1.16. The topological polar surface area (TPSA) is 22.9 Å². The molecule has 1 aromatic heterocycles. The minimum atomic E-state index is -0.167. The van der Waals surface area contributed by atoms with Crippen molar-refractivity contribution in [1.82, 2.24) is 0 Å². The maximum atomic E-state index is 6.76. The van der Waals surface area contributed by atoms with E-state index in [4.69, 9.17) is 4.42 Å². The first-order valence-electron chi connectivity index (χ1n) is 27.7. The molecule has 2 aliphatic carbocycles. The highest BCUT2D eigenvalue weighted by atomic mass is 16.3. The molecule has 0 bridgehead atoms. The van der Waals surface area contributed by atoms with Crippen molar-refractivity contribution in [3.8, 4) is 0 Å². The van der Waals surface area contributed by atoms with Gasteiger partial charge >= 0.3 is 0 Å². The van der Waals surface area contributed by atoms with Crippen LogP contribution < -0.4 is 31.1 Å². The molecule has 4 nitrogen and oxygen atoms in total. The van der Waals surface area contributed by atoms with Crippen molar-refractivity contribution in [1.29, 1.82) is 0 Å². The van der Waals surface area contributed by atoms with Gasteiger partial charge in [-0.05, 0) is 195 Å². The lowest BCUT2D eigenvalue weighted by Crippen LogP contribution is -2.62. The maximum Gasteiger partial charge on any atom is 0.252 e. The third-order valence-electron chi connectivity index (χ3n) is 18.6. The molecule has 3 heterocycles. The SMILES string of the molecule is Cc1ccccc1N(c1ccc2c(c1)N(c1ccc3c(c1)oc1ccccc13)c1cc(C(C)(C)C)cc3c1B2c1cc2c(cc1N3c1ccc3c(c1)C(C)(C)CCC3(C)C)C(C)(C)CCC2(C)C)c1ccccc1C.